The highest BCUT2D eigenvalue weighted by Crippen LogP contribution is 1.80. The van der Waals surface area contributed by atoms with Crippen molar-refractivity contribution in [2.24, 2.45) is 0 Å². The molecule has 0 aliphatic rings. The molecule has 0 atom stereocenters. The molecule has 0 rings (SSSR count). The largest absolute Gasteiger partial charge is 0.222 e. The molecule has 0 unspecified atom stereocenters. The second-order valence-electron chi connectivity index (χ2n) is 1.82. The molecule has 0 saturated heterocycles. The molecule has 0 fully saturated rings. The minimum absolute atomic E-state index is 0.566. The third-order valence-corrected chi connectivity index (χ3v) is 1.35. The number of halogens is 1. The lowest BCUT2D eigenvalue weighted by Gasteiger charge is -2.17. The van der Waals surface area contributed by atoms with Crippen molar-refractivity contribution in [1.82, 2.24) is 0 Å². The van der Waals surface area contributed by atoms with Crippen molar-refractivity contribution in [2.45, 2.75) is 0 Å². The highest BCUT2D eigenvalue weighted by atomic mass is 35.7. The summed E-state index contributed by atoms with van der Waals surface area (Å²) in [5.41, 5.74) is 0. The molecule has 0 amide bonds. The maximum Gasteiger partial charge on any atom is 0.125 e. The van der Waals surface area contributed by atoms with Crippen LogP contribution in [0.25, 0.3) is 0 Å². The van der Waals surface area contributed by atoms with Crippen LogP contribution in [-0.2, 0) is 10.9 Å². The number of hydrogen-bond donors (Lipinski definition) is 0. The molecule has 0 aromatic carbocycles. The second-order valence-corrected chi connectivity index (χ2v) is 4.88. The average Bonchev–Trinajstić information content (AvgIpc) is 1.58. The van der Waals surface area contributed by atoms with Crippen LogP contribution in [0.1, 0.15) is 0 Å². The minimum atomic E-state index is -4.94. The summed E-state index contributed by atoms with van der Waals surface area (Å²) in [5, 5.41) is 0. The molecule has 0 bridgehead atoms. The first-order chi connectivity index (χ1) is 4.77. The third-order valence-electron chi connectivity index (χ3n) is 0.451. The number of hydrogen-bond acceptors (Lipinski definition) is 4. The van der Waals surface area contributed by atoms with Gasteiger partial charge in [0.2, 0.25) is 0 Å². The van der Waals surface area contributed by atoms with Crippen molar-refractivity contribution in [3.05, 3.63) is 12.7 Å². The van der Waals surface area contributed by atoms with E-state index >= 15 is 0 Å². The summed E-state index contributed by atoms with van der Waals surface area (Å²) in [4.78, 5) is 0. The summed E-state index contributed by atoms with van der Waals surface area (Å²) in [7, 11) is -4.38. The van der Waals surface area contributed by atoms with Gasteiger partial charge in [-0.25, -0.2) is 18.6 Å². The van der Waals surface area contributed by atoms with E-state index in [1.807, 2.05) is 6.08 Å². The summed E-state index contributed by atoms with van der Waals surface area (Å²) in [6.07, 6.45) is 6.38. The van der Waals surface area contributed by atoms with Crippen molar-refractivity contribution in [3.63, 3.8) is 0 Å². The maximum atomic E-state index is 8.49. The predicted molar refractivity (Wildman–Crippen MR) is 34.3 cm³/mol. The van der Waals surface area contributed by atoms with Crippen LogP contribution in [0, 0.1) is 10.2 Å². The number of rotatable bonds is 2. The Kier molecular flexibility index (Phi) is 8.65. The van der Waals surface area contributed by atoms with Crippen LogP contribution in [0.4, 0.5) is 0 Å². The first kappa shape index (κ1) is 13.8. The van der Waals surface area contributed by atoms with E-state index in [0.717, 1.165) is 0 Å². The van der Waals surface area contributed by atoms with Gasteiger partial charge in [-0.1, -0.05) is 6.58 Å². The fraction of sp³-hybridized carbons (Fsp3) is 0.600. The zero-order valence-electron chi connectivity index (χ0n) is 6.41. The van der Waals surface area contributed by atoms with Gasteiger partial charge in [0.25, 0.3) is 0 Å². The molecule has 0 aliphatic heterocycles. The fourth-order valence-electron chi connectivity index (χ4n) is 0.236. The first-order valence-electron chi connectivity index (χ1n) is 2.54. The molecule has 0 heterocycles. The van der Waals surface area contributed by atoms with E-state index in [4.69, 9.17) is 18.6 Å². The van der Waals surface area contributed by atoms with Crippen molar-refractivity contribution in [1.29, 1.82) is 0 Å². The predicted octanol–water partition coefficient (Wildman–Crippen LogP) is -3.71. The van der Waals surface area contributed by atoms with Gasteiger partial charge in [0, 0.05) is 0 Å². The van der Waals surface area contributed by atoms with Crippen molar-refractivity contribution >= 4 is 10.9 Å². The van der Waals surface area contributed by atoms with Crippen LogP contribution < -0.4 is 18.6 Å². The zero-order chi connectivity index (χ0) is 9.49. The van der Waals surface area contributed by atoms with Gasteiger partial charge < -0.3 is 0 Å². The van der Waals surface area contributed by atoms with Gasteiger partial charge in [0.1, 0.15) is 5.75 Å². The molecular weight excluding hydrogens is 192 g/mol. The SMILES string of the molecule is C=CC[S+](C)C.[O-][Cl+3]([O-])([O-])[O-]. The highest BCUT2D eigenvalue weighted by Gasteiger charge is 1.92. The van der Waals surface area contributed by atoms with Crippen molar-refractivity contribution in [2.75, 3.05) is 18.3 Å². The van der Waals surface area contributed by atoms with E-state index in [1.54, 1.807) is 0 Å². The van der Waals surface area contributed by atoms with Crippen molar-refractivity contribution < 1.29 is 28.9 Å². The van der Waals surface area contributed by atoms with E-state index in [1.165, 1.54) is 5.75 Å². The Labute approximate surface area is 71.2 Å². The molecule has 0 aromatic heterocycles. The lowest BCUT2D eigenvalue weighted by Crippen LogP contribution is -2.68. The molecule has 6 heteroatoms. The Hall–Kier alpha value is 0.220. The van der Waals surface area contributed by atoms with Gasteiger partial charge >= 0.3 is 0 Å². The Morgan fingerprint density at radius 2 is 1.55 bits per heavy atom. The van der Waals surface area contributed by atoms with E-state index < -0.39 is 10.2 Å². The van der Waals surface area contributed by atoms with E-state index in [-0.39, 0.29) is 0 Å². The minimum Gasteiger partial charge on any atom is -0.222 e. The molecule has 0 saturated carbocycles. The quantitative estimate of drug-likeness (QED) is 0.340. The van der Waals surface area contributed by atoms with E-state index in [0.29, 0.717) is 10.9 Å². The monoisotopic (exact) mass is 202 g/mol. The Morgan fingerprint density at radius 1 is 1.27 bits per heavy atom. The molecule has 0 radical (unpaired) electrons. The molecule has 68 valence electrons. The van der Waals surface area contributed by atoms with Crippen LogP contribution in [0.5, 0.6) is 0 Å². The normalized spacial score (nSPS) is 10.5. The lowest BCUT2D eigenvalue weighted by atomic mass is 10.8. The Balaban J connectivity index is 0. The van der Waals surface area contributed by atoms with E-state index in [2.05, 4.69) is 19.1 Å². The molecule has 0 N–H and O–H groups in total. The summed E-state index contributed by atoms with van der Waals surface area (Å²) >= 11 is 0. The molecule has 0 aromatic rings. The smallest absolute Gasteiger partial charge is 0.125 e. The van der Waals surface area contributed by atoms with Crippen LogP contribution >= 0.6 is 0 Å². The second kappa shape index (κ2) is 6.90. The molecule has 4 nitrogen and oxygen atoms in total. The average molecular weight is 203 g/mol. The summed E-state index contributed by atoms with van der Waals surface area (Å²) in [6, 6.07) is 0. The van der Waals surface area contributed by atoms with Gasteiger partial charge in [-0.15, -0.1) is 10.2 Å². The van der Waals surface area contributed by atoms with Gasteiger partial charge in [-0.05, 0) is 17.0 Å². The Morgan fingerprint density at radius 3 is 1.55 bits per heavy atom. The van der Waals surface area contributed by atoms with Crippen LogP contribution in [0.3, 0.4) is 0 Å². The van der Waals surface area contributed by atoms with Crippen LogP contribution in [0.2, 0.25) is 0 Å². The highest BCUT2D eigenvalue weighted by molar-refractivity contribution is 7.95. The first-order valence-corrected chi connectivity index (χ1v) is 5.98. The van der Waals surface area contributed by atoms with Gasteiger partial charge in [-0.3, -0.25) is 0 Å². The summed E-state index contributed by atoms with van der Waals surface area (Å²) in [5.74, 6) is 1.17. The van der Waals surface area contributed by atoms with Crippen molar-refractivity contribution in [3.8, 4) is 0 Å². The molecule has 11 heavy (non-hydrogen) atoms. The van der Waals surface area contributed by atoms with Gasteiger partial charge in [0.05, 0.1) is 12.5 Å². The summed E-state index contributed by atoms with van der Waals surface area (Å²) < 4.78 is 34.0. The fourth-order valence-corrected chi connectivity index (χ4v) is 0.707. The maximum absolute atomic E-state index is 8.49. The topological polar surface area (TPSA) is 92.2 Å². The zero-order valence-corrected chi connectivity index (χ0v) is 7.98. The third kappa shape index (κ3) is 66.6. The van der Waals surface area contributed by atoms with Gasteiger partial charge in [0.15, 0.2) is 0 Å². The summed E-state index contributed by atoms with van der Waals surface area (Å²) in [6.45, 7) is 3.61. The lowest BCUT2D eigenvalue weighted by molar-refractivity contribution is -2.00. The molecule has 0 spiro atoms. The molecule has 0 aliphatic carbocycles. The Bertz CT molecular complexity index is 95.1. The molecular formula is C5H11ClO4S. The standard InChI is InChI=1S/C5H11S.ClHO4/c1-4-5-6(2)3;2-1(3,4)5/h4H,1,5H2,2-3H3;(H,2,3,4,5)/q+1;/p-1. The van der Waals surface area contributed by atoms with Crippen LogP contribution in [-0.4, -0.2) is 18.3 Å². The van der Waals surface area contributed by atoms with E-state index in [9.17, 15) is 0 Å². The van der Waals surface area contributed by atoms with Gasteiger partial charge in [-0.2, -0.15) is 0 Å². The van der Waals surface area contributed by atoms with Crippen LogP contribution in [0.15, 0.2) is 12.7 Å².